The van der Waals surface area contributed by atoms with Crippen LogP contribution in [0.4, 0.5) is 4.39 Å². The van der Waals surface area contributed by atoms with E-state index in [0.29, 0.717) is 12.2 Å². The Hall–Kier alpha value is -1.62. The predicted molar refractivity (Wildman–Crippen MR) is 61.2 cm³/mol. The molecule has 1 atom stereocenters. The second kappa shape index (κ2) is 6.85. The fraction of sp³-hybridized carbons (Fsp3) is 0.417. The number of hydrogen-bond acceptors (Lipinski definition) is 3. The standard InChI is InChI=1S/C12H16FNO3/c1-2-10(7-15)14-12(16)8-17-11-5-3-4-9(13)6-11/h3-6,10,15H,2,7-8H2,1H3,(H,14,16)/t10-/m0/s1. The molecule has 0 saturated carbocycles. The lowest BCUT2D eigenvalue weighted by atomic mass is 10.2. The van der Waals surface area contributed by atoms with Gasteiger partial charge in [0.15, 0.2) is 6.61 Å². The number of rotatable bonds is 6. The van der Waals surface area contributed by atoms with Gasteiger partial charge in [0.25, 0.3) is 5.91 Å². The molecule has 0 radical (unpaired) electrons. The summed E-state index contributed by atoms with van der Waals surface area (Å²) in [5, 5.41) is 11.5. The molecule has 1 amide bonds. The van der Waals surface area contributed by atoms with Gasteiger partial charge in [-0.15, -0.1) is 0 Å². The van der Waals surface area contributed by atoms with E-state index in [1.54, 1.807) is 6.07 Å². The fourth-order valence-corrected chi connectivity index (χ4v) is 1.25. The molecular weight excluding hydrogens is 225 g/mol. The Balaban J connectivity index is 2.38. The molecule has 1 aromatic rings. The fourth-order valence-electron chi connectivity index (χ4n) is 1.25. The number of aliphatic hydroxyl groups excluding tert-OH is 1. The summed E-state index contributed by atoms with van der Waals surface area (Å²) in [5.74, 6) is -0.447. The zero-order valence-electron chi connectivity index (χ0n) is 9.65. The molecule has 1 aromatic carbocycles. The summed E-state index contributed by atoms with van der Waals surface area (Å²) in [6.07, 6.45) is 0.641. The highest BCUT2D eigenvalue weighted by molar-refractivity contribution is 5.77. The van der Waals surface area contributed by atoms with Gasteiger partial charge in [-0.05, 0) is 18.6 Å². The second-order valence-electron chi connectivity index (χ2n) is 3.60. The molecule has 0 aromatic heterocycles. The van der Waals surface area contributed by atoms with Crippen molar-refractivity contribution in [1.29, 1.82) is 0 Å². The molecule has 0 heterocycles. The van der Waals surface area contributed by atoms with Crippen molar-refractivity contribution < 1.29 is 19.0 Å². The number of benzene rings is 1. The Bertz CT molecular complexity index is 367. The number of halogens is 1. The molecule has 5 heteroatoms. The van der Waals surface area contributed by atoms with Crippen LogP contribution in [-0.4, -0.2) is 30.3 Å². The molecule has 2 N–H and O–H groups in total. The van der Waals surface area contributed by atoms with Crippen LogP contribution in [0.5, 0.6) is 5.75 Å². The van der Waals surface area contributed by atoms with E-state index in [-0.39, 0.29) is 25.2 Å². The Kier molecular flexibility index (Phi) is 5.42. The summed E-state index contributed by atoms with van der Waals surface area (Å²) in [6, 6.07) is 5.31. The first-order chi connectivity index (χ1) is 8.15. The number of aliphatic hydroxyl groups is 1. The van der Waals surface area contributed by atoms with E-state index in [9.17, 15) is 9.18 Å². The maximum absolute atomic E-state index is 12.8. The lowest BCUT2D eigenvalue weighted by Gasteiger charge is -2.14. The monoisotopic (exact) mass is 241 g/mol. The van der Waals surface area contributed by atoms with Crippen molar-refractivity contribution in [3.8, 4) is 5.75 Å². The Labute approximate surface area is 99.4 Å². The summed E-state index contributed by atoms with van der Waals surface area (Å²) >= 11 is 0. The van der Waals surface area contributed by atoms with Crippen LogP contribution >= 0.6 is 0 Å². The zero-order chi connectivity index (χ0) is 12.7. The van der Waals surface area contributed by atoms with Crippen molar-refractivity contribution in [2.75, 3.05) is 13.2 Å². The van der Waals surface area contributed by atoms with Crippen molar-refractivity contribution in [1.82, 2.24) is 5.32 Å². The van der Waals surface area contributed by atoms with E-state index < -0.39 is 5.82 Å². The van der Waals surface area contributed by atoms with Crippen LogP contribution in [0.1, 0.15) is 13.3 Å². The van der Waals surface area contributed by atoms with E-state index in [4.69, 9.17) is 9.84 Å². The van der Waals surface area contributed by atoms with E-state index in [2.05, 4.69) is 5.32 Å². The van der Waals surface area contributed by atoms with E-state index in [1.165, 1.54) is 18.2 Å². The molecule has 0 aliphatic heterocycles. The van der Waals surface area contributed by atoms with Crippen molar-refractivity contribution in [2.45, 2.75) is 19.4 Å². The predicted octanol–water partition coefficient (Wildman–Crippen LogP) is 1.09. The van der Waals surface area contributed by atoms with Gasteiger partial charge >= 0.3 is 0 Å². The van der Waals surface area contributed by atoms with Gasteiger partial charge in [0, 0.05) is 6.07 Å². The third kappa shape index (κ3) is 4.82. The first kappa shape index (κ1) is 13.4. The van der Waals surface area contributed by atoms with Crippen molar-refractivity contribution in [2.24, 2.45) is 0 Å². The number of nitrogens with one attached hydrogen (secondary N) is 1. The smallest absolute Gasteiger partial charge is 0.258 e. The highest BCUT2D eigenvalue weighted by atomic mass is 19.1. The molecule has 0 aliphatic carbocycles. The first-order valence-electron chi connectivity index (χ1n) is 5.44. The summed E-state index contributed by atoms with van der Waals surface area (Å²) in [5.41, 5.74) is 0. The van der Waals surface area contributed by atoms with Crippen LogP contribution in [0.25, 0.3) is 0 Å². The van der Waals surface area contributed by atoms with Crippen molar-refractivity contribution >= 4 is 5.91 Å². The van der Waals surface area contributed by atoms with Crippen LogP contribution in [-0.2, 0) is 4.79 Å². The number of hydrogen-bond donors (Lipinski definition) is 2. The van der Waals surface area contributed by atoms with E-state index >= 15 is 0 Å². The van der Waals surface area contributed by atoms with Gasteiger partial charge in [-0.2, -0.15) is 0 Å². The molecule has 17 heavy (non-hydrogen) atoms. The maximum atomic E-state index is 12.8. The summed E-state index contributed by atoms with van der Waals surface area (Å²) in [4.78, 5) is 11.4. The summed E-state index contributed by atoms with van der Waals surface area (Å²) < 4.78 is 17.9. The molecule has 0 unspecified atom stereocenters. The van der Waals surface area contributed by atoms with Gasteiger partial charge in [-0.1, -0.05) is 13.0 Å². The number of ether oxygens (including phenoxy) is 1. The lowest BCUT2D eigenvalue weighted by Crippen LogP contribution is -2.39. The van der Waals surface area contributed by atoms with Crippen molar-refractivity contribution in [3.63, 3.8) is 0 Å². The van der Waals surface area contributed by atoms with Crippen LogP contribution in [0.3, 0.4) is 0 Å². The average molecular weight is 241 g/mol. The number of carbonyl (C=O) groups is 1. The van der Waals surface area contributed by atoms with Crippen molar-refractivity contribution in [3.05, 3.63) is 30.1 Å². The van der Waals surface area contributed by atoms with Crippen LogP contribution in [0.15, 0.2) is 24.3 Å². The quantitative estimate of drug-likeness (QED) is 0.784. The largest absolute Gasteiger partial charge is 0.484 e. The molecule has 0 saturated heterocycles. The molecule has 0 fully saturated rings. The minimum atomic E-state index is -0.412. The van der Waals surface area contributed by atoms with Gasteiger partial charge < -0.3 is 15.2 Å². The van der Waals surface area contributed by atoms with Gasteiger partial charge in [-0.25, -0.2) is 4.39 Å². The normalized spacial score (nSPS) is 11.9. The minimum absolute atomic E-state index is 0.109. The summed E-state index contributed by atoms with van der Waals surface area (Å²) in [6.45, 7) is 1.55. The zero-order valence-corrected chi connectivity index (χ0v) is 9.65. The molecule has 1 rings (SSSR count). The van der Waals surface area contributed by atoms with Gasteiger partial charge in [0.2, 0.25) is 0 Å². The Morgan fingerprint density at radius 3 is 2.94 bits per heavy atom. The maximum Gasteiger partial charge on any atom is 0.258 e. The Morgan fingerprint density at radius 1 is 1.59 bits per heavy atom. The molecule has 94 valence electrons. The third-order valence-electron chi connectivity index (χ3n) is 2.24. The topological polar surface area (TPSA) is 58.6 Å². The van der Waals surface area contributed by atoms with Crippen LogP contribution in [0.2, 0.25) is 0 Å². The van der Waals surface area contributed by atoms with E-state index in [0.717, 1.165) is 0 Å². The molecule has 4 nitrogen and oxygen atoms in total. The highest BCUT2D eigenvalue weighted by Crippen LogP contribution is 2.11. The molecule has 0 bridgehead atoms. The van der Waals surface area contributed by atoms with Gasteiger partial charge in [0.05, 0.1) is 12.6 Å². The van der Waals surface area contributed by atoms with Crippen LogP contribution in [0, 0.1) is 5.82 Å². The van der Waals surface area contributed by atoms with Gasteiger partial charge in [-0.3, -0.25) is 4.79 Å². The molecule has 0 spiro atoms. The number of carbonyl (C=O) groups excluding carboxylic acids is 1. The molecule has 0 aliphatic rings. The Morgan fingerprint density at radius 2 is 2.35 bits per heavy atom. The first-order valence-corrected chi connectivity index (χ1v) is 5.44. The third-order valence-corrected chi connectivity index (χ3v) is 2.24. The molecular formula is C12H16FNO3. The average Bonchev–Trinajstić information content (AvgIpc) is 2.33. The van der Waals surface area contributed by atoms with E-state index in [1.807, 2.05) is 6.92 Å². The van der Waals surface area contributed by atoms with Gasteiger partial charge in [0.1, 0.15) is 11.6 Å². The second-order valence-corrected chi connectivity index (χ2v) is 3.60. The minimum Gasteiger partial charge on any atom is -0.484 e. The van der Waals surface area contributed by atoms with Crippen LogP contribution < -0.4 is 10.1 Å². The summed E-state index contributed by atoms with van der Waals surface area (Å²) in [7, 11) is 0. The SMILES string of the molecule is CC[C@@H](CO)NC(=O)COc1cccc(F)c1. The lowest BCUT2D eigenvalue weighted by molar-refractivity contribution is -0.124. The highest BCUT2D eigenvalue weighted by Gasteiger charge is 2.09. The number of amides is 1.